The van der Waals surface area contributed by atoms with Gasteiger partial charge in [0.05, 0.1) is 45.0 Å². The number of halogens is 16. The van der Waals surface area contributed by atoms with Crippen molar-refractivity contribution in [3.8, 4) is 89.5 Å². The van der Waals surface area contributed by atoms with Gasteiger partial charge in [-0.05, 0) is 44.5 Å². The molecule has 0 atom stereocenters. The first-order chi connectivity index (χ1) is 38.4. The smallest absolute Gasteiger partial charge is 0.656 e. The zero-order valence-corrected chi connectivity index (χ0v) is 40.6. The first kappa shape index (κ1) is 52.5. The number of aromatic nitrogens is 4. The third-order valence-electron chi connectivity index (χ3n) is 14.0. The Morgan fingerprint density at radius 2 is 0.383 bits per heavy atom. The Hall–Kier alpha value is -9.20. The molecule has 13 rings (SSSR count). The molecule has 1 radical (unpaired) electrons. The van der Waals surface area contributed by atoms with Gasteiger partial charge >= 0.3 is 17.1 Å². The monoisotopic (exact) mass is 1160 g/mol. The molecule has 403 valence electrons. The number of hydrogen-bond acceptors (Lipinski definition) is 2. The average molecular weight is 1160 g/mol. The first-order valence-corrected chi connectivity index (χ1v) is 23.5. The van der Waals surface area contributed by atoms with Crippen molar-refractivity contribution in [3.05, 3.63) is 214 Å². The maximum atomic E-state index is 17.2. The SMILES string of the molecule is Fc1c(F)c(F)c2c(c1F)-c1nc-2c(-c2ccccc2)c2[n-]c(c(-c3ccccc3)c3nc(c(-c4ccccc4)c4[n-]c(c1-c1ccccc1)c1c(F)c(F)c(F)c(F)c41)-c1c(F)c(F)c(F)c(F)c1-3)c1c(F)c(F)c(F)c(F)c21.[Cu+2]. The van der Waals surface area contributed by atoms with E-state index in [4.69, 9.17) is 0 Å². The normalized spacial score (nSPS) is 11.9. The van der Waals surface area contributed by atoms with E-state index in [0.717, 1.165) is 48.5 Å². The second-order valence-corrected chi connectivity index (χ2v) is 18.2. The van der Waals surface area contributed by atoms with Gasteiger partial charge in [-0.2, -0.15) is 0 Å². The molecule has 2 aliphatic heterocycles. The Balaban J connectivity index is 0.00000651. The molecule has 8 aromatic carbocycles. The summed E-state index contributed by atoms with van der Waals surface area (Å²) in [5, 5.41) is -5.44. The van der Waals surface area contributed by atoms with Crippen LogP contribution in [0.15, 0.2) is 121 Å². The van der Waals surface area contributed by atoms with E-state index < -0.39 is 204 Å². The van der Waals surface area contributed by atoms with E-state index in [2.05, 4.69) is 19.9 Å². The molecule has 0 unspecified atom stereocenters. The topological polar surface area (TPSA) is 54.0 Å². The molecule has 3 aliphatic rings. The van der Waals surface area contributed by atoms with E-state index in [-0.39, 0.29) is 39.3 Å². The van der Waals surface area contributed by atoms with Gasteiger partial charge < -0.3 is 9.97 Å². The molecule has 0 saturated heterocycles. The van der Waals surface area contributed by atoms with Crippen LogP contribution in [-0.4, -0.2) is 9.97 Å². The summed E-state index contributed by atoms with van der Waals surface area (Å²) in [6.07, 6.45) is 0. The Morgan fingerprint density at radius 1 is 0.210 bits per heavy atom. The number of hydrogen-bond donors (Lipinski definition) is 0. The summed E-state index contributed by atoms with van der Waals surface area (Å²) in [7, 11) is 0. The molecule has 1 aliphatic carbocycles. The van der Waals surface area contributed by atoms with Crippen molar-refractivity contribution >= 4 is 43.6 Å². The number of rotatable bonds is 4. The molecule has 21 heteroatoms. The van der Waals surface area contributed by atoms with Crippen molar-refractivity contribution < 1.29 is 87.3 Å². The maximum Gasteiger partial charge on any atom is 2.00 e. The van der Waals surface area contributed by atoms with Crippen molar-refractivity contribution in [2.75, 3.05) is 0 Å². The van der Waals surface area contributed by atoms with Gasteiger partial charge in [0.25, 0.3) is 0 Å². The fraction of sp³-hybridized carbons (Fsp3) is 0. The molecule has 81 heavy (non-hydrogen) atoms. The predicted octanol–water partition coefficient (Wildman–Crippen LogP) is 17.4. The van der Waals surface area contributed by atoms with Gasteiger partial charge in [0.2, 0.25) is 0 Å². The molecule has 0 N–H and O–H groups in total. The molecular weight excluding hydrogens is 1140 g/mol. The van der Waals surface area contributed by atoms with Crippen LogP contribution in [0.4, 0.5) is 70.2 Å². The summed E-state index contributed by atoms with van der Waals surface area (Å²) in [6.45, 7) is 0. The molecule has 4 nitrogen and oxygen atoms in total. The minimum atomic E-state index is -2.50. The molecule has 10 aromatic rings. The fourth-order valence-electron chi connectivity index (χ4n) is 10.6. The van der Waals surface area contributed by atoms with Crippen LogP contribution < -0.4 is 9.97 Å². The first-order valence-electron chi connectivity index (χ1n) is 23.5. The summed E-state index contributed by atoms with van der Waals surface area (Å²) in [4.78, 5) is 18.1. The summed E-state index contributed by atoms with van der Waals surface area (Å²) in [6, 6.07) is 25.0. The van der Waals surface area contributed by atoms with Gasteiger partial charge in [-0.15, -0.1) is 22.1 Å². The van der Waals surface area contributed by atoms with Crippen LogP contribution in [0.3, 0.4) is 0 Å². The van der Waals surface area contributed by atoms with Gasteiger partial charge in [0.15, 0.2) is 93.1 Å². The van der Waals surface area contributed by atoms with Crippen LogP contribution >= 0.6 is 0 Å². The summed E-state index contributed by atoms with van der Waals surface area (Å²) in [5.74, 6) is -38.0. The van der Waals surface area contributed by atoms with Crippen molar-refractivity contribution in [1.29, 1.82) is 0 Å². The number of benzene rings is 8. The summed E-state index contributed by atoms with van der Waals surface area (Å²) < 4.78 is 266. The van der Waals surface area contributed by atoms with Crippen molar-refractivity contribution in [2.24, 2.45) is 0 Å². The quantitative estimate of drug-likeness (QED) is 0.0763. The van der Waals surface area contributed by atoms with Crippen LogP contribution in [0.25, 0.3) is 133 Å². The standard InChI is InChI=1S/C60H20F16N4.Cu/c61-37-29-31(39(63)47(71)45(37)69)55-26(22-15-7-2-8-16-22)57-33-35(43(67)51(75)49(73)41(33)65)59(79-57)28(24-19-11-4-12-20-24)60-36-34(42(66)50(74)52(76)44(36)68)58(80-60)27(23-17-9-3-10-18-23)56-32-30(38(62)46(70)48(72)40(32)64)54(78-56)25(53(29)77-55)21-13-5-1-6-14-21;/h1-20H;/q-2;+2. The zero-order chi connectivity index (χ0) is 56.1. The fourth-order valence-corrected chi connectivity index (χ4v) is 10.6. The molecule has 8 bridgehead atoms. The van der Waals surface area contributed by atoms with Crippen molar-refractivity contribution in [3.63, 3.8) is 0 Å². The Labute approximate surface area is 453 Å². The van der Waals surface area contributed by atoms with E-state index in [1.807, 2.05) is 0 Å². The molecular formula is C60H20CuF16N4. The average Bonchev–Trinajstić information content (AvgIpc) is 4.42. The Bertz CT molecular complexity index is 4170. The minimum Gasteiger partial charge on any atom is -0.656 e. The van der Waals surface area contributed by atoms with Gasteiger partial charge in [0.1, 0.15) is 0 Å². The van der Waals surface area contributed by atoms with Gasteiger partial charge in [-0.1, -0.05) is 121 Å². The van der Waals surface area contributed by atoms with Gasteiger partial charge in [-0.25, -0.2) is 80.2 Å². The summed E-state index contributed by atoms with van der Waals surface area (Å²) >= 11 is 0. The Morgan fingerprint density at radius 3 is 0.568 bits per heavy atom. The van der Waals surface area contributed by atoms with Crippen molar-refractivity contribution in [1.82, 2.24) is 19.9 Å². The third-order valence-corrected chi connectivity index (χ3v) is 14.0. The molecule has 2 aromatic heterocycles. The molecule has 0 saturated carbocycles. The van der Waals surface area contributed by atoms with Crippen LogP contribution in [0.1, 0.15) is 0 Å². The van der Waals surface area contributed by atoms with E-state index in [1.54, 1.807) is 0 Å². The van der Waals surface area contributed by atoms with Gasteiger partial charge in [-0.3, -0.25) is 0 Å². The largest absolute Gasteiger partial charge is 2.00 e. The minimum absolute atomic E-state index is 0. The van der Waals surface area contributed by atoms with E-state index in [0.29, 0.717) is 0 Å². The molecule has 0 spiro atoms. The van der Waals surface area contributed by atoms with Crippen LogP contribution in [0.2, 0.25) is 0 Å². The van der Waals surface area contributed by atoms with Gasteiger partial charge in [0, 0.05) is 21.5 Å². The molecule has 0 amide bonds. The van der Waals surface area contributed by atoms with Crippen LogP contribution in [-0.2, 0) is 17.1 Å². The summed E-state index contributed by atoms with van der Waals surface area (Å²) in [5.41, 5.74) is -19.1. The molecule has 4 heterocycles. The van der Waals surface area contributed by atoms with E-state index in [9.17, 15) is 0 Å². The maximum absolute atomic E-state index is 17.2. The molecule has 0 fully saturated rings. The predicted molar refractivity (Wildman–Crippen MR) is 264 cm³/mol. The van der Waals surface area contributed by atoms with Crippen LogP contribution in [0, 0.1) is 93.1 Å². The van der Waals surface area contributed by atoms with E-state index >= 15 is 70.2 Å². The third kappa shape index (κ3) is 7.26. The second-order valence-electron chi connectivity index (χ2n) is 18.2. The zero-order valence-electron chi connectivity index (χ0n) is 39.7. The Kier molecular flexibility index (Phi) is 12.3. The van der Waals surface area contributed by atoms with Crippen molar-refractivity contribution in [2.45, 2.75) is 0 Å². The van der Waals surface area contributed by atoms with E-state index in [1.165, 1.54) is 72.8 Å². The second kappa shape index (κ2) is 19.0. The number of nitrogens with zero attached hydrogens (tertiary/aromatic N) is 4. The van der Waals surface area contributed by atoms with Crippen LogP contribution in [0.5, 0.6) is 0 Å².